The number of phosphoric acid groups is 1. The molecule has 1 N–H and O–H groups in total. The van der Waals surface area contributed by atoms with E-state index in [9.17, 15) is 9.36 Å². The minimum atomic E-state index is -4.05. The van der Waals surface area contributed by atoms with Crippen LogP contribution in [-0.4, -0.2) is 17.5 Å². The molecular weight excluding hydrogens is 379 g/mol. The molecule has 0 spiro atoms. The van der Waals surface area contributed by atoms with Gasteiger partial charge >= 0.3 is 13.8 Å². The third kappa shape index (κ3) is 19.9. The van der Waals surface area contributed by atoms with Crippen LogP contribution in [0.4, 0.5) is 0 Å². The van der Waals surface area contributed by atoms with Crippen molar-refractivity contribution >= 4 is 13.8 Å². The smallest absolute Gasteiger partial charge is 0.435 e. The van der Waals surface area contributed by atoms with E-state index in [2.05, 4.69) is 16.0 Å². The largest absolute Gasteiger partial charge is 0.512 e. The molecular formula is C21H40O6P+. The fourth-order valence-electron chi connectivity index (χ4n) is 2.81. The standard InChI is InChI=1S/C21H39O6P/c1-3-5-6-7-8-9-10-11-12-13-14-15-16-18-21(22)25-19-17-20-27-28(23,24)26-4-2/h4,17,19H,3,5-16,18,20H2,1-2H3/p+1. The second-order valence-electron chi connectivity index (χ2n) is 6.96. The molecule has 0 heterocycles. The fraction of sp³-hybridized carbons (Fsp3) is 0.810. The van der Waals surface area contributed by atoms with Gasteiger partial charge in [-0.05, 0) is 12.5 Å². The minimum absolute atomic E-state index is 0.173. The van der Waals surface area contributed by atoms with Crippen LogP contribution in [0.25, 0.3) is 0 Å². The van der Waals surface area contributed by atoms with E-state index in [-0.39, 0.29) is 12.6 Å². The Morgan fingerprint density at radius 3 is 1.93 bits per heavy atom. The molecule has 0 aliphatic carbocycles. The first-order chi connectivity index (χ1) is 13.5. The molecule has 0 aliphatic rings. The van der Waals surface area contributed by atoms with Crippen molar-refractivity contribution in [2.75, 3.05) is 6.61 Å². The highest BCUT2D eigenvalue weighted by atomic mass is 31.2. The van der Waals surface area contributed by atoms with Crippen molar-refractivity contribution in [3.63, 3.8) is 0 Å². The number of carbonyl (C=O) groups is 1. The summed E-state index contributed by atoms with van der Waals surface area (Å²) in [7, 11) is -4.05. The van der Waals surface area contributed by atoms with Crippen LogP contribution in [0, 0.1) is 6.61 Å². The molecule has 0 radical (unpaired) electrons. The second-order valence-corrected chi connectivity index (χ2v) is 8.37. The zero-order valence-electron chi connectivity index (χ0n) is 17.8. The SMILES string of the molecule is C[CH+]OP(=O)(O)OCC=COC(=O)CCCCCCCCCCCCCCC. The van der Waals surface area contributed by atoms with Crippen molar-refractivity contribution in [2.45, 2.75) is 104 Å². The summed E-state index contributed by atoms with van der Waals surface area (Å²) < 4.78 is 25.1. The lowest BCUT2D eigenvalue weighted by molar-refractivity contribution is -0.138. The van der Waals surface area contributed by atoms with Crippen LogP contribution in [0.1, 0.15) is 104 Å². The summed E-state index contributed by atoms with van der Waals surface area (Å²) in [6.07, 6.45) is 19.4. The first-order valence-corrected chi connectivity index (χ1v) is 12.3. The maximum absolute atomic E-state index is 11.6. The summed E-state index contributed by atoms with van der Waals surface area (Å²) in [5.41, 5.74) is 0. The van der Waals surface area contributed by atoms with Gasteiger partial charge in [0.05, 0.1) is 12.9 Å². The quantitative estimate of drug-likeness (QED) is 0.0765. The Hall–Kier alpha value is -0.810. The van der Waals surface area contributed by atoms with Gasteiger partial charge in [-0.15, -0.1) is 0 Å². The molecule has 0 aromatic heterocycles. The lowest BCUT2D eigenvalue weighted by Crippen LogP contribution is -1.99. The van der Waals surface area contributed by atoms with E-state index in [0.717, 1.165) is 25.9 Å². The summed E-state index contributed by atoms with van der Waals surface area (Å²) >= 11 is 0. The van der Waals surface area contributed by atoms with Crippen LogP contribution in [-0.2, 0) is 23.1 Å². The molecule has 0 amide bonds. The maximum Gasteiger partial charge on any atom is 0.512 e. The molecule has 0 rings (SSSR count). The number of hydrogen-bond donors (Lipinski definition) is 1. The van der Waals surface area contributed by atoms with Gasteiger partial charge in [0.25, 0.3) is 0 Å². The van der Waals surface area contributed by atoms with E-state index in [4.69, 9.17) is 9.63 Å². The van der Waals surface area contributed by atoms with E-state index in [1.807, 2.05) is 0 Å². The molecule has 7 heteroatoms. The fourth-order valence-corrected chi connectivity index (χ4v) is 3.41. The Bertz CT molecular complexity index is 439. The number of rotatable bonds is 20. The van der Waals surface area contributed by atoms with Crippen molar-refractivity contribution in [3.05, 3.63) is 18.9 Å². The summed E-state index contributed by atoms with van der Waals surface area (Å²) in [5.74, 6) is -0.301. The Balaban J connectivity index is 3.37. The van der Waals surface area contributed by atoms with Crippen LogP contribution in [0.3, 0.4) is 0 Å². The molecule has 0 bridgehead atoms. The van der Waals surface area contributed by atoms with Gasteiger partial charge in [0, 0.05) is 6.42 Å². The van der Waals surface area contributed by atoms with Gasteiger partial charge in [-0.25, -0.2) is 4.57 Å². The van der Waals surface area contributed by atoms with Crippen molar-refractivity contribution in [3.8, 4) is 0 Å². The van der Waals surface area contributed by atoms with E-state index in [1.165, 1.54) is 83.5 Å². The number of hydrogen-bond acceptors (Lipinski definition) is 5. The average molecular weight is 420 g/mol. The van der Waals surface area contributed by atoms with Crippen LogP contribution in [0.5, 0.6) is 0 Å². The maximum atomic E-state index is 11.6. The van der Waals surface area contributed by atoms with E-state index < -0.39 is 7.82 Å². The molecule has 1 unspecified atom stereocenters. The van der Waals surface area contributed by atoms with E-state index in [1.54, 1.807) is 0 Å². The number of phosphoric ester groups is 1. The van der Waals surface area contributed by atoms with Crippen molar-refractivity contribution in [1.82, 2.24) is 0 Å². The lowest BCUT2D eigenvalue weighted by atomic mass is 10.0. The van der Waals surface area contributed by atoms with Gasteiger partial charge in [0.1, 0.15) is 6.92 Å². The summed E-state index contributed by atoms with van der Waals surface area (Å²) in [6, 6.07) is 0. The van der Waals surface area contributed by atoms with Crippen molar-refractivity contribution < 1.29 is 28.0 Å². The molecule has 0 saturated heterocycles. The summed E-state index contributed by atoms with van der Waals surface area (Å²) in [5, 5.41) is 0. The molecule has 28 heavy (non-hydrogen) atoms. The van der Waals surface area contributed by atoms with Gasteiger partial charge in [-0.3, -0.25) is 9.32 Å². The van der Waals surface area contributed by atoms with Gasteiger partial charge < -0.3 is 9.63 Å². The Morgan fingerprint density at radius 2 is 1.43 bits per heavy atom. The molecule has 0 aromatic carbocycles. The van der Waals surface area contributed by atoms with Gasteiger partial charge in [0.2, 0.25) is 6.61 Å². The molecule has 0 aliphatic heterocycles. The Labute approximate surface area is 171 Å². The zero-order chi connectivity index (χ0) is 20.9. The molecule has 1 atom stereocenters. The number of esters is 1. The van der Waals surface area contributed by atoms with Crippen LogP contribution in [0.15, 0.2) is 12.3 Å². The molecule has 0 aromatic rings. The second kappa shape index (κ2) is 19.5. The number of unbranched alkanes of at least 4 members (excludes halogenated alkanes) is 12. The highest BCUT2D eigenvalue weighted by Gasteiger charge is 2.24. The summed E-state index contributed by atoms with van der Waals surface area (Å²) in [6.45, 7) is 4.63. The van der Waals surface area contributed by atoms with Crippen LogP contribution < -0.4 is 0 Å². The van der Waals surface area contributed by atoms with E-state index in [0.29, 0.717) is 6.42 Å². The molecule has 164 valence electrons. The van der Waals surface area contributed by atoms with Crippen molar-refractivity contribution in [1.29, 1.82) is 0 Å². The number of carbonyl (C=O) groups excluding carboxylic acids is 1. The third-order valence-electron chi connectivity index (χ3n) is 4.35. The van der Waals surface area contributed by atoms with Gasteiger partial charge in [-0.2, -0.15) is 0 Å². The van der Waals surface area contributed by atoms with Gasteiger partial charge in [-0.1, -0.05) is 88.5 Å². The number of ether oxygens (including phenoxy) is 1. The lowest BCUT2D eigenvalue weighted by Gasteiger charge is -2.04. The predicted octanol–water partition coefficient (Wildman–Crippen LogP) is 6.84. The normalized spacial score (nSPS) is 13.5. The van der Waals surface area contributed by atoms with Crippen LogP contribution in [0.2, 0.25) is 0 Å². The Kier molecular flexibility index (Phi) is 18.9. The molecule has 0 saturated carbocycles. The van der Waals surface area contributed by atoms with Crippen LogP contribution >= 0.6 is 7.82 Å². The molecule has 6 nitrogen and oxygen atoms in total. The monoisotopic (exact) mass is 419 g/mol. The van der Waals surface area contributed by atoms with Crippen molar-refractivity contribution in [2.24, 2.45) is 0 Å². The highest BCUT2D eigenvalue weighted by Crippen LogP contribution is 2.43. The Morgan fingerprint density at radius 1 is 0.929 bits per heavy atom. The highest BCUT2D eigenvalue weighted by molar-refractivity contribution is 7.47. The average Bonchev–Trinajstić information content (AvgIpc) is 2.65. The molecule has 0 fully saturated rings. The van der Waals surface area contributed by atoms with E-state index >= 15 is 0 Å². The first kappa shape index (κ1) is 27.2. The predicted molar refractivity (Wildman–Crippen MR) is 112 cm³/mol. The minimum Gasteiger partial charge on any atom is -0.435 e. The summed E-state index contributed by atoms with van der Waals surface area (Å²) in [4.78, 5) is 20.7. The topological polar surface area (TPSA) is 82.1 Å². The third-order valence-corrected chi connectivity index (χ3v) is 5.31. The van der Waals surface area contributed by atoms with Gasteiger partial charge in [0.15, 0.2) is 0 Å². The first-order valence-electron chi connectivity index (χ1n) is 10.8. The zero-order valence-corrected chi connectivity index (χ0v) is 18.7.